The Hall–Kier alpha value is -0.920. The first-order chi connectivity index (χ1) is 9.22. The monoisotopic (exact) mass is 330 g/mol. The maximum atomic E-state index is 12.0. The van der Waals surface area contributed by atoms with E-state index in [1.54, 1.807) is 6.20 Å². The molecule has 2 rings (SSSR count). The maximum Gasteiger partial charge on any atom is 0.283 e. The van der Waals surface area contributed by atoms with Gasteiger partial charge < -0.3 is 15.4 Å². The molecule has 19 heavy (non-hydrogen) atoms. The molecule has 6 nitrogen and oxygen atoms in total. The molecular weight excluding hydrogens is 312 g/mol. The minimum atomic E-state index is -0.102. The van der Waals surface area contributed by atoms with Gasteiger partial charge in [0.15, 0.2) is 0 Å². The first kappa shape index (κ1) is 14.5. The van der Waals surface area contributed by atoms with Crippen LogP contribution in [0, 0.1) is 0 Å². The van der Waals surface area contributed by atoms with Gasteiger partial charge in [0.25, 0.3) is 5.56 Å². The number of aromatic nitrogens is 2. The molecule has 1 saturated heterocycles. The van der Waals surface area contributed by atoms with E-state index in [0.29, 0.717) is 23.2 Å². The molecule has 1 unspecified atom stereocenters. The normalized spacial score (nSPS) is 19.4. The van der Waals surface area contributed by atoms with Crippen molar-refractivity contribution in [1.29, 1.82) is 0 Å². The summed E-state index contributed by atoms with van der Waals surface area (Å²) in [6.07, 6.45) is 2.68. The molecule has 1 fully saturated rings. The zero-order valence-corrected chi connectivity index (χ0v) is 12.6. The van der Waals surface area contributed by atoms with E-state index in [0.717, 1.165) is 26.1 Å². The highest BCUT2D eigenvalue weighted by molar-refractivity contribution is 9.10. The Bertz CT molecular complexity index is 471. The third kappa shape index (κ3) is 3.77. The van der Waals surface area contributed by atoms with Gasteiger partial charge in [0.2, 0.25) is 0 Å². The molecule has 1 aliphatic heterocycles. The summed E-state index contributed by atoms with van der Waals surface area (Å²) in [4.78, 5) is 12.0. The molecule has 0 spiro atoms. The van der Waals surface area contributed by atoms with Crippen LogP contribution in [0.25, 0.3) is 0 Å². The van der Waals surface area contributed by atoms with E-state index in [1.807, 2.05) is 6.92 Å². The minimum Gasteiger partial charge on any atom is -0.380 e. The molecule has 0 aromatic carbocycles. The van der Waals surface area contributed by atoms with Crippen LogP contribution in [-0.2, 0) is 11.3 Å². The predicted molar refractivity (Wildman–Crippen MR) is 77.6 cm³/mol. The molecule has 106 valence electrons. The highest BCUT2D eigenvalue weighted by Crippen LogP contribution is 2.16. The number of morpholine rings is 1. The zero-order chi connectivity index (χ0) is 13.7. The molecule has 1 aromatic heterocycles. The SMILES string of the molecule is CCCn1ncc(NCC2CNCCO2)c(Br)c1=O. The lowest BCUT2D eigenvalue weighted by molar-refractivity contribution is 0.0372. The Labute approximate surface area is 120 Å². The average Bonchev–Trinajstić information content (AvgIpc) is 2.44. The number of hydrogen-bond donors (Lipinski definition) is 2. The fourth-order valence-corrected chi connectivity index (χ4v) is 2.38. The molecule has 0 bridgehead atoms. The number of aryl methyl sites for hydroxylation is 1. The highest BCUT2D eigenvalue weighted by atomic mass is 79.9. The van der Waals surface area contributed by atoms with Crippen molar-refractivity contribution < 1.29 is 4.74 Å². The Morgan fingerprint density at radius 1 is 1.68 bits per heavy atom. The van der Waals surface area contributed by atoms with Gasteiger partial charge >= 0.3 is 0 Å². The van der Waals surface area contributed by atoms with Gasteiger partial charge in [-0.1, -0.05) is 6.92 Å². The molecule has 2 N–H and O–H groups in total. The molecule has 0 amide bonds. The number of anilines is 1. The summed E-state index contributed by atoms with van der Waals surface area (Å²) in [6, 6.07) is 0. The maximum absolute atomic E-state index is 12.0. The molecule has 1 atom stereocenters. The lowest BCUT2D eigenvalue weighted by Gasteiger charge is -2.24. The smallest absolute Gasteiger partial charge is 0.283 e. The van der Waals surface area contributed by atoms with Crippen LogP contribution in [-0.4, -0.2) is 42.1 Å². The molecule has 1 aliphatic rings. The minimum absolute atomic E-state index is 0.102. The van der Waals surface area contributed by atoms with Gasteiger partial charge in [-0.05, 0) is 22.4 Å². The Balaban J connectivity index is 2.00. The summed E-state index contributed by atoms with van der Waals surface area (Å²) in [6.45, 7) is 5.75. The number of ether oxygens (including phenoxy) is 1. The van der Waals surface area contributed by atoms with Crippen molar-refractivity contribution in [1.82, 2.24) is 15.1 Å². The van der Waals surface area contributed by atoms with Crippen molar-refractivity contribution in [2.24, 2.45) is 0 Å². The number of halogens is 1. The van der Waals surface area contributed by atoms with Crippen LogP contribution < -0.4 is 16.2 Å². The molecule has 0 aliphatic carbocycles. The van der Waals surface area contributed by atoms with Crippen LogP contribution in [0.2, 0.25) is 0 Å². The summed E-state index contributed by atoms with van der Waals surface area (Å²) in [7, 11) is 0. The van der Waals surface area contributed by atoms with Gasteiger partial charge in [-0.2, -0.15) is 5.10 Å². The van der Waals surface area contributed by atoms with E-state index in [1.165, 1.54) is 4.68 Å². The van der Waals surface area contributed by atoms with Crippen LogP contribution in [0.5, 0.6) is 0 Å². The van der Waals surface area contributed by atoms with Crippen LogP contribution in [0.15, 0.2) is 15.5 Å². The second-order valence-corrected chi connectivity index (χ2v) is 5.27. The van der Waals surface area contributed by atoms with E-state index < -0.39 is 0 Å². The zero-order valence-electron chi connectivity index (χ0n) is 11.0. The van der Waals surface area contributed by atoms with Crippen LogP contribution in [0.1, 0.15) is 13.3 Å². The third-order valence-corrected chi connectivity index (χ3v) is 3.71. The number of hydrogen-bond acceptors (Lipinski definition) is 5. The summed E-state index contributed by atoms with van der Waals surface area (Å²) < 4.78 is 7.58. The topological polar surface area (TPSA) is 68.2 Å². The fraction of sp³-hybridized carbons (Fsp3) is 0.667. The van der Waals surface area contributed by atoms with E-state index in [-0.39, 0.29) is 11.7 Å². The van der Waals surface area contributed by atoms with E-state index in [2.05, 4.69) is 31.7 Å². The third-order valence-electron chi connectivity index (χ3n) is 2.94. The number of nitrogens with zero attached hydrogens (tertiary/aromatic N) is 2. The summed E-state index contributed by atoms with van der Waals surface area (Å²) in [5, 5.41) is 10.6. The molecule has 0 radical (unpaired) electrons. The van der Waals surface area contributed by atoms with Crippen molar-refractivity contribution in [3.63, 3.8) is 0 Å². The van der Waals surface area contributed by atoms with Gasteiger partial charge in [0.1, 0.15) is 4.47 Å². The van der Waals surface area contributed by atoms with Crippen LogP contribution in [0.4, 0.5) is 5.69 Å². The van der Waals surface area contributed by atoms with Crippen molar-refractivity contribution in [3.05, 3.63) is 21.0 Å². The summed E-state index contributed by atoms with van der Waals surface area (Å²) >= 11 is 3.33. The largest absolute Gasteiger partial charge is 0.380 e. The average molecular weight is 331 g/mol. The van der Waals surface area contributed by atoms with Crippen LogP contribution in [0.3, 0.4) is 0 Å². The van der Waals surface area contributed by atoms with Gasteiger partial charge in [-0.3, -0.25) is 4.79 Å². The van der Waals surface area contributed by atoms with Crippen molar-refractivity contribution in [2.45, 2.75) is 26.0 Å². The highest BCUT2D eigenvalue weighted by Gasteiger charge is 2.14. The number of nitrogens with one attached hydrogen (secondary N) is 2. The summed E-state index contributed by atoms with van der Waals surface area (Å²) in [5.41, 5.74) is 0.612. The second kappa shape index (κ2) is 7.02. The quantitative estimate of drug-likeness (QED) is 0.836. The van der Waals surface area contributed by atoms with E-state index in [4.69, 9.17) is 4.74 Å². The second-order valence-electron chi connectivity index (χ2n) is 4.48. The van der Waals surface area contributed by atoms with Gasteiger partial charge in [0.05, 0.1) is 24.6 Å². The Morgan fingerprint density at radius 3 is 3.21 bits per heavy atom. The van der Waals surface area contributed by atoms with Crippen molar-refractivity contribution in [3.8, 4) is 0 Å². The predicted octanol–water partition coefficient (Wildman–Crippen LogP) is 0.816. The van der Waals surface area contributed by atoms with Gasteiger partial charge in [-0.25, -0.2) is 4.68 Å². The molecule has 2 heterocycles. The Morgan fingerprint density at radius 2 is 2.53 bits per heavy atom. The van der Waals surface area contributed by atoms with Crippen molar-refractivity contribution in [2.75, 3.05) is 31.6 Å². The molecule has 0 saturated carbocycles. The van der Waals surface area contributed by atoms with Gasteiger partial charge in [0, 0.05) is 26.2 Å². The van der Waals surface area contributed by atoms with E-state index in [9.17, 15) is 4.79 Å². The van der Waals surface area contributed by atoms with Crippen LogP contribution >= 0.6 is 15.9 Å². The lowest BCUT2D eigenvalue weighted by Crippen LogP contribution is -2.42. The van der Waals surface area contributed by atoms with E-state index >= 15 is 0 Å². The first-order valence-electron chi connectivity index (χ1n) is 6.54. The van der Waals surface area contributed by atoms with Crippen molar-refractivity contribution >= 4 is 21.6 Å². The van der Waals surface area contributed by atoms with Gasteiger partial charge in [-0.15, -0.1) is 0 Å². The summed E-state index contributed by atoms with van der Waals surface area (Å²) in [5.74, 6) is 0. The molecule has 7 heteroatoms. The standard InChI is InChI=1S/C12H19BrN4O2/c1-2-4-17-12(18)11(13)10(8-16-17)15-7-9-6-14-3-5-19-9/h8-9,14-15H,2-7H2,1H3. The molecular formula is C12H19BrN4O2. The fourth-order valence-electron chi connectivity index (χ4n) is 1.93. The number of rotatable bonds is 5. The first-order valence-corrected chi connectivity index (χ1v) is 7.33. The Kier molecular flexibility index (Phi) is 5.35. The molecule has 1 aromatic rings. The lowest BCUT2D eigenvalue weighted by atomic mass is 10.3.